The van der Waals surface area contributed by atoms with Gasteiger partial charge in [-0.3, -0.25) is 9.59 Å². The molecule has 2 amide bonds. The van der Waals surface area contributed by atoms with Crippen LogP contribution in [0.5, 0.6) is 0 Å². The molecule has 6 nitrogen and oxygen atoms in total. The minimum atomic E-state index is -0.667. The molecule has 0 bridgehead atoms. The topological polar surface area (TPSA) is 64.7 Å². The summed E-state index contributed by atoms with van der Waals surface area (Å²) in [5.74, 6) is -1.31. The number of anilines is 1. The van der Waals surface area contributed by atoms with Gasteiger partial charge in [-0.1, -0.05) is 41.9 Å². The van der Waals surface area contributed by atoms with E-state index in [9.17, 15) is 9.59 Å². The predicted molar refractivity (Wildman–Crippen MR) is 121 cm³/mol. The number of halogens is 1. The highest BCUT2D eigenvalue weighted by molar-refractivity contribution is 6.35. The van der Waals surface area contributed by atoms with Gasteiger partial charge in [-0.15, -0.1) is 0 Å². The quantitative estimate of drug-likeness (QED) is 0.694. The summed E-state index contributed by atoms with van der Waals surface area (Å²) < 4.78 is 0. The van der Waals surface area contributed by atoms with E-state index in [2.05, 4.69) is 45.7 Å². The number of likely N-dealkylation sites (N-methyl/N-ethyl adjacent to an activating group) is 1. The van der Waals surface area contributed by atoms with Crippen LogP contribution in [0, 0.1) is 0 Å². The van der Waals surface area contributed by atoms with Gasteiger partial charge in [0.05, 0.1) is 6.04 Å². The second kappa shape index (κ2) is 9.96. The van der Waals surface area contributed by atoms with Crippen LogP contribution in [0.1, 0.15) is 29.2 Å². The number of carbonyl (C=O) groups is 2. The second-order valence-electron chi connectivity index (χ2n) is 7.88. The van der Waals surface area contributed by atoms with Crippen molar-refractivity contribution in [3.05, 3.63) is 64.2 Å². The average molecular weight is 429 g/mol. The minimum Gasteiger partial charge on any atom is -0.374 e. The first-order valence-electron chi connectivity index (χ1n) is 10.2. The van der Waals surface area contributed by atoms with Crippen molar-refractivity contribution in [3.8, 4) is 0 Å². The number of hydrogen-bond acceptors (Lipinski definition) is 4. The number of hydrogen-bond donors (Lipinski definition) is 2. The van der Waals surface area contributed by atoms with E-state index in [1.807, 2.05) is 32.3 Å². The van der Waals surface area contributed by atoms with E-state index in [0.717, 1.165) is 30.5 Å². The fourth-order valence-corrected chi connectivity index (χ4v) is 3.98. The fraction of sp³-hybridized carbons (Fsp3) is 0.391. The van der Waals surface area contributed by atoms with E-state index < -0.39 is 11.8 Å². The molecule has 0 saturated carbocycles. The second-order valence-corrected chi connectivity index (χ2v) is 8.28. The number of amides is 2. The summed E-state index contributed by atoms with van der Waals surface area (Å²) in [5.41, 5.74) is 4.50. The molecule has 1 aliphatic rings. The number of nitrogens with zero attached hydrogens (tertiary/aromatic N) is 2. The number of aryl methyl sites for hydroxylation is 1. The largest absolute Gasteiger partial charge is 0.374 e. The highest BCUT2D eigenvalue weighted by Crippen LogP contribution is 2.29. The van der Waals surface area contributed by atoms with Gasteiger partial charge in [-0.25, -0.2) is 0 Å². The first-order valence-corrected chi connectivity index (χ1v) is 10.5. The maximum Gasteiger partial charge on any atom is 0.309 e. The van der Waals surface area contributed by atoms with E-state index >= 15 is 0 Å². The Bertz CT molecular complexity index is 916. The Labute approximate surface area is 183 Å². The van der Waals surface area contributed by atoms with Crippen LogP contribution in [-0.4, -0.2) is 50.9 Å². The normalized spacial score (nSPS) is 14.2. The molecule has 1 aliphatic heterocycles. The summed E-state index contributed by atoms with van der Waals surface area (Å²) in [5, 5.41) is 5.95. The van der Waals surface area contributed by atoms with Crippen molar-refractivity contribution >= 4 is 29.1 Å². The zero-order chi connectivity index (χ0) is 21.7. The third kappa shape index (κ3) is 5.32. The van der Waals surface area contributed by atoms with Crippen molar-refractivity contribution in [3.63, 3.8) is 0 Å². The Kier molecular flexibility index (Phi) is 7.34. The van der Waals surface area contributed by atoms with E-state index in [0.29, 0.717) is 11.6 Å². The lowest BCUT2D eigenvalue weighted by Crippen LogP contribution is -2.43. The van der Waals surface area contributed by atoms with E-state index in [-0.39, 0.29) is 12.6 Å². The van der Waals surface area contributed by atoms with Crippen LogP contribution in [0.2, 0.25) is 5.02 Å². The molecule has 2 aromatic rings. The van der Waals surface area contributed by atoms with Gasteiger partial charge < -0.3 is 20.4 Å². The Morgan fingerprint density at radius 3 is 2.60 bits per heavy atom. The summed E-state index contributed by atoms with van der Waals surface area (Å²) in [6.45, 7) is 1.63. The van der Waals surface area contributed by atoms with Crippen LogP contribution in [0.25, 0.3) is 0 Å². The van der Waals surface area contributed by atoms with Gasteiger partial charge >= 0.3 is 11.8 Å². The van der Waals surface area contributed by atoms with Gasteiger partial charge in [0.2, 0.25) is 0 Å². The number of benzene rings is 2. The van der Waals surface area contributed by atoms with Crippen molar-refractivity contribution in [2.45, 2.75) is 25.4 Å². The number of nitrogens with one attached hydrogen (secondary N) is 2. The molecule has 1 heterocycles. The molecule has 30 heavy (non-hydrogen) atoms. The van der Waals surface area contributed by atoms with Crippen LogP contribution in [0.4, 0.5) is 5.69 Å². The van der Waals surface area contributed by atoms with Gasteiger partial charge in [-0.05, 0) is 55.8 Å². The average Bonchev–Trinajstić information content (AvgIpc) is 2.72. The molecular weight excluding hydrogens is 400 g/mol. The predicted octanol–water partition coefficient (Wildman–Crippen LogP) is 2.76. The molecule has 1 atom stereocenters. The van der Waals surface area contributed by atoms with Crippen molar-refractivity contribution in [1.29, 1.82) is 0 Å². The Morgan fingerprint density at radius 1 is 1.13 bits per heavy atom. The van der Waals surface area contributed by atoms with Gasteiger partial charge in [0.1, 0.15) is 0 Å². The number of carbonyl (C=O) groups excluding carboxylic acids is 2. The van der Waals surface area contributed by atoms with Gasteiger partial charge in [0, 0.05) is 37.4 Å². The summed E-state index contributed by atoms with van der Waals surface area (Å²) in [6, 6.07) is 13.7. The zero-order valence-electron chi connectivity index (χ0n) is 17.7. The lowest BCUT2D eigenvalue weighted by atomic mass is 9.96. The van der Waals surface area contributed by atoms with Crippen molar-refractivity contribution in [2.75, 3.05) is 39.1 Å². The maximum atomic E-state index is 12.3. The number of rotatable bonds is 6. The molecule has 0 fully saturated rings. The van der Waals surface area contributed by atoms with Gasteiger partial charge in [0.25, 0.3) is 0 Å². The Morgan fingerprint density at radius 2 is 1.87 bits per heavy atom. The number of fused-ring (bicyclic) bond motifs is 1. The molecule has 7 heteroatoms. The smallest absolute Gasteiger partial charge is 0.309 e. The van der Waals surface area contributed by atoms with E-state index in [1.54, 1.807) is 6.07 Å². The highest BCUT2D eigenvalue weighted by atomic mass is 35.5. The molecule has 0 unspecified atom stereocenters. The van der Waals surface area contributed by atoms with E-state index in [1.165, 1.54) is 11.3 Å². The molecule has 2 N–H and O–H groups in total. The van der Waals surface area contributed by atoms with Crippen molar-refractivity contribution in [2.24, 2.45) is 0 Å². The van der Waals surface area contributed by atoms with Crippen LogP contribution in [0.3, 0.4) is 0 Å². The summed E-state index contributed by atoms with van der Waals surface area (Å²) in [6.07, 6.45) is 2.20. The van der Waals surface area contributed by atoms with Crippen molar-refractivity contribution < 1.29 is 9.59 Å². The zero-order valence-corrected chi connectivity index (χ0v) is 18.5. The minimum absolute atomic E-state index is 0.0251. The summed E-state index contributed by atoms with van der Waals surface area (Å²) in [4.78, 5) is 28.8. The van der Waals surface area contributed by atoms with Gasteiger partial charge in [-0.2, -0.15) is 0 Å². The lowest BCUT2D eigenvalue weighted by Gasteiger charge is -2.30. The van der Waals surface area contributed by atoms with Crippen LogP contribution >= 0.6 is 11.6 Å². The van der Waals surface area contributed by atoms with Crippen LogP contribution < -0.4 is 15.5 Å². The van der Waals surface area contributed by atoms with Crippen LogP contribution in [0.15, 0.2) is 42.5 Å². The third-order valence-corrected chi connectivity index (χ3v) is 5.89. The molecule has 0 saturated heterocycles. The molecular formula is C23H29ClN4O2. The SMILES string of the molecule is CN1CCCc2cc([C@@H](CNC(=O)C(=O)NCc3ccccc3Cl)N(C)C)ccc21. The lowest BCUT2D eigenvalue weighted by molar-refractivity contribution is -0.139. The standard InChI is InChI=1S/C23H29ClN4O2/c1-27(2)21(17-10-11-20-16(13-17)8-6-12-28(20)3)15-26-23(30)22(29)25-14-18-7-4-5-9-19(18)24/h4-5,7,9-11,13,21H,6,8,12,14-15H2,1-3H3,(H,25,29)(H,26,30)/t21-/m1/s1. The molecule has 0 spiro atoms. The molecule has 2 aromatic carbocycles. The van der Waals surface area contributed by atoms with E-state index in [4.69, 9.17) is 11.6 Å². The Balaban J connectivity index is 1.60. The molecule has 0 radical (unpaired) electrons. The summed E-state index contributed by atoms with van der Waals surface area (Å²) in [7, 11) is 6.06. The third-order valence-electron chi connectivity index (χ3n) is 5.52. The summed E-state index contributed by atoms with van der Waals surface area (Å²) >= 11 is 6.09. The first kappa shape index (κ1) is 22.1. The molecule has 0 aromatic heterocycles. The highest BCUT2D eigenvalue weighted by Gasteiger charge is 2.21. The molecule has 3 rings (SSSR count). The molecule has 160 valence electrons. The molecule has 0 aliphatic carbocycles. The van der Waals surface area contributed by atoms with Gasteiger partial charge in [0.15, 0.2) is 0 Å². The Hall–Kier alpha value is -2.57. The van der Waals surface area contributed by atoms with Crippen LogP contribution in [-0.2, 0) is 22.6 Å². The fourth-order valence-electron chi connectivity index (χ4n) is 3.78. The van der Waals surface area contributed by atoms with Crippen molar-refractivity contribution in [1.82, 2.24) is 15.5 Å². The monoisotopic (exact) mass is 428 g/mol. The maximum absolute atomic E-state index is 12.3. The first-order chi connectivity index (χ1) is 14.4.